The Morgan fingerprint density at radius 3 is 2.64 bits per heavy atom. The largest absolute Gasteiger partial charge is 0.344 e. The molecule has 28 heavy (non-hydrogen) atoms. The molecule has 3 aliphatic rings. The number of hydrogen-bond donors (Lipinski definition) is 3. The van der Waals surface area contributed by atoms with Crippen molar-refractivity contribution < 1.29 is 19.2 Å². The van der Waals surface area contributed by atoms with Gasteiger partial charge in [-0.2, -0.15) is 5.01 Å². The Kier molecular flexibility index (Phi) is 4.57. The van der Waals surface area contributed by atoms with Gasteiger partial charge in [-0.3, -0.25) is 19.8 Å². The average molecular weight is 402 g/mol. The number of rotatable bonds is 2. The number of hydrazine groups is 1. The summed E-state index contributed by atoms with van der Waals surface area (Å²) in [6, 6.07) is 4.31. The third kappa shape index (κ3) is 3.13. The molecule has 1 aromatic rings. The summed E-state index contributed by atoms with van der Waals surface area (Å²) in [5.74, 6) is -0.596. The molecule has 148 valence electrons. The fourth-order valence-electron chi connectivity index (χ4n) is 3.83. The first kappa shape index (κ1) is 18.8. The number of imide groups is 1. The van der Waals surface area contributed by atoms with E-state index >= 15 is 0 Å². The van der Waals surface area contributed by atoms with Crippen LogP contribution in [-0.4, -0.2) is 39.6 Å². The number of anilines is 1. The third-order valence-corrected chi connectivity index (χ3v) is 6.85. The van der Waals surface area contributed by atoms with E-state index in [9.17, 15) is 19.2 Å². The maximum absolute atomic E-state index is 12.8. The summed E-state index contributed by atoms with van der Waals surface area (Å²) in [5, 5.41) is 6.12. The van der Waals surface area contributed by atoms with Gasteiger partial charge in [0.25, 0.3) is 11.8 Å². The Bertz CT molecular complexity index is 879. The molecule has 0 aromatic heterocycles. The number of nitrogens with zero attached hydrogens (tertiary/aromatic N) is 1. The molecular formula is C19H22N4O4S. The van der Waals surface area contributed by atoms with Gasteiger partial charge in [0.05, 0.1) is 10.9 Å². The van der Waals surface area contributed by atoms with Crippen LogP contribution in [0.5, 0.6) is 0 Å². The highest BCUT2D eigenvalue weighted by Crippen LogP contribution is 2.37. The van der Waals surface area contributed by atoms with Crippen LogP contribution < -0.4 is 16.1 Å². The highest BCUT2D eigenvalue weighted by molar-refractivity contribution is 8.00. The fraction of sp³-hybridized carbons (Fsp3) is 0.474. The lowest BCUT2D eigenvalue weighted by atomic mass is 9.77. The third-order valence-electron chi connectivity index (χ3n) is 5.68. The van der Waals surface area contributed by atoms with Gasteiger partial charge in [-0.25, -0.2) is 4.79 Å². The Balaban J connectivity index is 1.50. The molecule has 9 heteroatoms. The van der Waals surface area contributed by atoms with Crippen LogP contribution in [0.4, 0.5) is 10.5 Å². The first-order valence-electron chi connectivity index (χ1n) is 9.38. The SMILES string of the molecule is CC1CCC2(CC1)NC(=O)N(NC(=O)c1ccc3c(c1)NC(=O)C(C)S3)C2=O. The van der Waals surface area contributed by atoms with Gasteiger partial charge < -0.3 is 10.6 Å². The molecule has 2 aliphatic heterocycles. The van der Waals surface area contributed by atoms with Gasteiger partial charge in [0.2, 0.25) is 5.91 Å². The second-order valence-electron chi connectivity index (χ2n) is 7.74. The normalized spacial score (nSPS) is 29.4. The highest BCUT2D eigenvalue weighted by Gasteiger charge is 2.52. The monoisotopic (exact) mass is 402 g/mol. The smallest absolute Gasteiger partial charge is 0.324 e. The number of thioether (sulfide) groups is 1. The molecule has 2 fully saturated rings. The van der Waals surface area contributed by atoms with Crippen LogP contribution in [0.1, 0.15) is 49.9 Å². The van der Waals surface area contributed by atoms with E-state index in [0.717, 1.165) is 22.7 Å². The summed E-state index contributed by atoms with van der Waals surface area (Å²) in [5.41, 5.74) is 2.32. The zero-order valence-electron chi connectivity index (χ0n) is 15.7. The first-order chi connectivity index (χ1) is 13.3. The van der Waals surface area contributed by atoms with Gasteiger partial charge in [0, 0.05) is 10.5 Å². The van der Waals surface area contributed by atoms with Crippen molar-refractivity contribution in [2.45, 2.75) is 55.2 Å². The van der Waals surface area contributed by atoms with E-state index < -0.39 is 23.4 Å². The lowest BCUT2D eigenvalue weighted by molar-refractivity contribution is -0.134. The van der Waals surface area contributed by atoms with E-state index in [4.69, 9.17) is 0 Å². The van der Waals surface area contributed by atoms with Crippen molar-refractivity contribution in [3.05, 3.63) is 23.8 Å². The standard InChI is InChI=1S/C19H22N4O4S/c1-10-5-7-19(8-6-10)17(26)23(18(27)21-19)22-16(25)12-3-4-14-13(9-12)20-15(24)11(2)28-14/h3-4,9-11H,5-8H2,1-2H3,(H,20,24)(H,21,27)(H,22,25). The van der Waals surface area contributed by atoms with Gasteiger partial charge in [-0.15, -0.1) is 11.8 Å². The molecule has 1 unspecified atom stereocenters. The Hall–Kier alpha value is -2.55. The Labute approximate surface area is 166 Å². The van der Waals surface area contributed by atoms with Crippen molar-refractivity contribution in [3.63, 3.8) is 0 Å². The summed E-state index contributed by atoms with van der Waals surface area (Å²) in [4.78, 5) is 50.6. The van der Waals surface area contributed by atoms with Crippen molar-refractivity contribution in [1.82, 2.24) is 15.8 Å². The Morgan fingerprint density at radius 2 is 1.93 bits per heavy atom. The molecule has 2 heterocycles. The van der Waals surface area contributed by atoms with Crippen LogP contribution in [0.15, 0.2) is 23.1 Å². The van der Waals surface area contributed by atoms with Gasteiger partial charge in [0.15, 0.2) is 0 Å². The number of nitrogens with one attached hydrogen (secondary N) is 3. The van der Waals surface area contributed by atoms with Crippen molar-refractivity contribution >= 4 is 41.2 Å². The van der Waals surface area contributed by atoms with E-state index in [1.807, 2.05) is 6.92 Å². The van der Waals surface area contributed by atoms with Crippen molar-refractivity contribution in [1.29, 1.82) is 0 Å². The minimum Gasteiger partial charge on any atom is -0.324 e. The van der Waals surface area contributed by atoms with Crippen LogP contribution in [0, 0.1) is 5.92 Å². The molecule has 3 N–H and O–H groups in total. The van der Waals surface area contributed by atoms with E-state index in [-0.39, 0.29) is 16.7 Å². The number of urea groups is 1. The Morgan fingerprint density at radius 1 is 1.21 bits per heavy atom. The molecule has 8 nitrogen and oxygen atoms in total. The molecule has 1 saturated carbocycles. The predicted octanol–water partition coefficient (Wildman–Crippen LogP) is 2.26. The van der Waals surface area contributed by atoms with E-state index in [1.165, 1.54) is 11.8 Å². The van der Waals surface area contributed by atoms with Gasteiger partial charge >= 0.3 is 6.03 Å². The molecule has 5 amide bonds. The molecule has 0 bridgehead atoms. The zero-order chi connectivity index (χ0) is 20.1. The minimum atomic E-state index is -0.909. The second kappa shape index (κ2) is 6.80. The van der Waals surface area contributed by atoms with Crippen LogP contribution >= 0.6 is 11.8 Å². The lowest BCUT2D eigenvalue weighted by Gasteiger charge is -2.33. The molecular weight excluding hydrogens is 380 g/mol. The second-order valence-corrected chi connectivity index (χ2v) is 9.12. The summed E-state index contributed by atoms with van der Waals surface area (Å²) in [6.45, 7) is 3.94. The number of benzene rings is 1. The first-order valence-corrected chi connectivity index (χ1v) is 10.3. The number of hydrogen-bond acceptors (Lipinski definition) is 5. The predicted molar refractivity (Wildman–Crippen MR) is 104 cm³/mol. The van der Waals surface area contributed by atoms with Gasteiger partial charge in [0.1, 0.15) is 5.54 Å². The van der Waals surface area contributed by atoms with Gasteiger partial charge in [-0.1, -0.05) is 6.92 Å². The topological polar surface area (TPSA) is 108 Å². The lowest BCUT2D eigenvalue weighted by Crippen LogP contribution is -2.51. The number of fused-ring (bicyclic) bond motifs is 1. The summed E-state index contributed by atoms with van der Waals surface area (Å²) in [6.07, 6.45) is 2.86. The fourth-order valence-corrected chi connectivity index (χ4v) is 4.76. The summed E-state index contributed by atoms with van der Waals surface area (Å²) in [7, 11) is 0. The molecule has 1 spiro atoms. The number of carbonyl (C=O) groups excluding carboxylic acids is 4. The van der Waals surface area contributed by atoms with Crippen LogP contribution in [0.2, 0.25) is 0 Å². The number of carbonyl (C=O) groups is 4. The molecule has 1 aromatic carbocycles. The number of amides is 5. The molecule has 4 rings (SSSR count). The quantitative estimate of drug-likeness (QED) is 0.658. The van der Waals surface area contributed by atoms with Crippen molar-refractivity contribution in [2.24, 2.45) is 5.92 Å². The molecule has 0 radical (unpaired) electrons. The van der Waals surface area contributed by atoms with Crippen LogP contribution in [0.3, 0.4) is 0 Å². The van der Waals surface area contributed by atoms with Crippen LogP contribution in [0.25, 0.3) is 0 Å². The van der Waals surface area contributed by atoms with E-state index in [2.05, 4.69) is 23.0 Å². The maximum atomic E-state index is 12.8. The molecule has 1 saturated heterocycles. The zero-order valence-corrected chi connectivity index (χ0v) is 16.5. The minimum absolute atomic E-state index is 0.127. The van der Waals surface area contributed by atoms with Crippen LogP contribution in [-0.2, 0) is 9.59 Å². The van der Waals surface area contributed by atoms with Crippen molar-refractivity contribution in [2.75, 3.05) is 5.32 Å². The molecule has 1 aliphatic carbocycles. The summed E-state index contributed by atoms with van der Waals surface area (Å²) >= 11 is 1.42. The average Bonchev–Trinajstić information content (AvgIpc) is 2.89. The van der Waals surface area contributed by atoms with E-state index in [1.54, 1.807) is 18.2 Å². The highest BCUT2D eigenvalue weighted by atomic mass is 32.2. The van der Waals surface area contributed by atoms with Crippen molar-refractivity contribution in [3.8, 4) is 0 Å². The maximum Gasteiger partial charge on any atom is 0.344 e. The summed E-state index contributed by atoms with van der Waals surface area (Å²) < 4.78 is 0. The van der Waals surface area contributed by atoms with Gasteiger partial charge in [-0.05, 0) is 56.7 Å². The molecule has 1 atom stereocenters. The van der Waals surface area contributed by atoms with E-state index in [0.29, 0.717) is 24.4 Å².